The van der Waals surface area contributed by atoms with Crippen LogP contribution in [0.2, 0.25) is 5.02 Å². The molecule has 0 bridgehead atoms. The van der Waals surface area contributed by atoms with Gasteiger partial charge in [-0.2, -0.15) is 0 Å². The maximum Gasteiger partial charge on any atom is 0.145 e. The fourth-order valence-electron chi connectivity index (χ4n) is 2.85. The van der Waals surface area contributed by atoms with Crippen LogP contribution >= 0.6 is 11.6 Å². The van der Waals surface area contributed by atoms with Crippen LogP contribution in [-0.2, 0) is 11.2 Å². The summed E-state index contributed by atoms with van der Waals surface area (Å²) in [5.41, 5.74) is 7.72. The van der Waals surface area contributed by atoms with Crippen LogP contribution in [-0.4, -0.2) is 12.3 Å². The minimum atomic E-state index is -0.319. The van der Waals surface area contributed by atoms with Crippen LogP contribution in [0.1, 0.15) is 17.0 Å². The second-order valence-electron chi connectivity index (χ2n) is 5.67. The molecule has 1 unspecified atom stereocenters. The SMILES string of the molecule is NCC(C(=O)Cc1ccc2ccccc2c1)c1cccc(Cl)c1. The third-order valence-electron chi connectivity index (χ3n) is 4.07. The molecule has 3 aromatic rings. The molecule has 0 aromatic heterocycles. The number of halogens is 1. The number of carbonyl (C=O) groups excluding carboxylic acids is 1. The minimum absolute atomic E-state index is 0.116. The van der Waals surface area contributed by atoms with Crippen LogP contribution in [0.3, 0.4) is 0 Å². The van der Waals surface area contributed by atoms with Crippen LogP contribution < -0.4 is 5.73 Å². The lowest BCUT2D eigenvalue weighted by Crippen LogP contribution is -2.23. The van der Waals surface area contributed by atoms with Crippen molar-refractivity contribution in [2.24, 2.45) is 5.73 Å². The third kappa shape index (κ3) is 3.61. The molecule has 0 saturated heterocycles. The van der Waals surface area contributed by atoms with Gasteiger partial charge in [-0.25, -0.2) is 0 Å². The van der Waals surface area contributed by atoms with E-state index in [1.54, 1.807) is 6.07 Å². The summed E-state index contributed by atoms with van der Waals surface area (Å²) in [6, 6.07) is 21.6. The van der Waals surface area contributed by atoms with Gasteiger partial charge in [0.2, 0.25) is 0 Å². The molecule has 0 fully saturated rings. The Bertz CT molecular complexity index is 844. The summed E-state index contributed by atoms with van der Waals surface area (Å²) < 4.78 is 0. The normalized spacial score (nSPS) is 12.3. The van der Waals surface area contributed by atoms with Crippen molar-refractivity contribution in [3.8, 4) is 0 Å². The van der Waals surface area contributed by atoms with Crippen molar-refractivity contribution in [2.75, 3.05) is 6.54 Å². The van der Waals surface area contributed by atoms with E-state index in [2.05, 4.69) is 24.3 Å². The van der Waals surface area contributed by atoms with Crippen molar-refractivity contribution in [2.45, 2.75) is 12.3 Å². The molecule has 0 aliphatic heterocycles. The molecular weight excluding hydrogens is 306 g/mol. The van der Waals surface area contributed by atoms with E-state index in [-0.39, 0.29) is 18.2 Å². The Morgan fingerprint density at radius 1 is 0.957 bits per heavy atom. The zero-order valence-electron chi connectivity index (χ0n) is 12.7. The molecule has 0 saturated carbocycles. The largest absolute Gasteiger partial charge is 0.329 e. The zero-order chi connectivity index (χ0) is 16.2. The van der Waals surface area contributed by atoms with E-state index in [0.717, 1.165) is 16.5 Å². The first-order valence-corrected chi connectivity index (χ1v) is 8.01. The second kappa shape index (κ2) is 6.95. The van der Waals surface area contributed by atoms with Gasteiger partial charge in [0.05, 0.1) is 5.92 Å². The van der Waals surface area contributed by atoms with Gasteiger partial charge in [-0.15, -0.1) is 0 Å². The number of nitrogens with two attached hydrogens (primary N) is 1. The first kappa shape index (κ1) is 15.7. The fourth-order valence-corrected chi connectivity index (χ4v) is 3.05. The van der Waals surface area contributed by atoms with Gasteiger partial charge in [0.1, 0.15) is 5.78 Å². The van der Waals surface area contributed by atoms with Crippen molar-refractivity contribution in [3.05, 3.63) is 82.9 Å². The number of hydrogen-bond acceptors (Lipinski definition) is 2. The van der Waals surface area contributed by atoms with Crippen LogP contribution in [0.5, 0.6) is 0 Å². The van der Waals surface area contributed by atoms with E-state index in [1.807, 2.05) is 36.4 Å². The predicted octanol–water partition coefficient (Wildman–Crippen LogP) is 4.35. The van der Waals surface area contributed by atoms with Crippen LogP contribution in [0, 0.1) is 0 Å². The van der Waals surface area contributed by atoms with Gasteiger partial charge in [0.15, 0.2) is 0 Å². The summed E-state index contributed by atoms with van der Waals surface area (Å²) >= 11 is 6.02. The topological polar surface area (TPSA) is 43.1 Å². The highest BCUT2D eigenvalue weighted by atomic mass is 35.5. The van der Waals surface area contributed by atoms with E-state index in [4.69, 9.17) is 17.3 Å². The Hall–Kier alpha value is -2.16. The number of fused-ring (bicyclic) bond motifs is 1. The highest BCUT2D eigenvalue weighted by Crippen LogP contribution is 2.22. The van der Waals surface area contributed by atoms with E-state index in [9.17, 15) is 4.79 Å². The predicted molar refractivity (Wildman–Crippen MR) is 95.9 cm³/mol. The van der Waals surface area contributed by atoms with E-state index < -0.39 is 0 Å². The number of ketones is 1. The molecule has 1 atom stereocenters. The van der Waals surface area contributed by atoms with Crippen molar-refractivity contribution in [3.63, 3.8) is 0 Å². The monoisotopic (exact) mass is 323 g/mol. The molecule has 3 heteroatoms. The molecule has 0 heterocycles. The second-order valence-corrected chi connectivity index (χ2v) is 6.10. The highest BCUT2D eigenvalue weighted by Gasteiger charge is 2.19. The van der Waals surface area contributed by atoms with E-state index in [1.165, 1.54) is 5.39 Å². The lowest BCUT2D eigenvalue weighted by molar-refractivity contribution is -0.119. The van der Waals surface area contributed by atoms with Gasteiger partial charge in [0, 0.05) is 18.0 Å². The summed E-state index contributed by atoms with van der Waals surface area (Å²) in [6.07, 6.45) is 0.374. The number of carbonyl (C=O) groups is 1. The Morgan fingerprint density at radius 3 is 2.48 bits per heavy atom. The van der Waals surface area contributed by atoms with Gasteiger partial charge in [-0.05, 0) is 34.0 Å². The molecule has 0 spiro atoms. The molecule has 0 aliphatic carbocycles. The standard InChI is InChI=1S/C20H18ClNO/c21-18-7-3-6-17(12-18)19(13-22)20(23)11-14-8-9-15-4-1-2-5-16(15)10-14/h1-10,12,19H,11,13,22H2. The van der Waals surface area contributed by atoms with Gasteiger partial charge < -0.3 is 5.73 Å². The summed E-state index contributed by atoms with van der Waals surface area (Å²) in [5, 5.41) is 2.94. The van der Waals surface area contributed by atoms with Crippen LogP contribution in [0.25, 0.3) is 10.8 Å². The van der Waals surface area contributed by atoms with Crippen LogP contribution in [0.15, 0.2) is 66.7 Å². The molecule has 116 valence electrons. The molecule has 0 radical (unpaired) electrons. The minimum Gasteiger partial charge on any atom is -0.329 e. The lowest BCUT2D eigenvalue weighted by atomic mass is 9.90. The van der Waals surface area contributed by atoms with Gasteiger partial charge in [-0.3, -0.25) is 4.79 Å². The summed E-state index contributed by atoms with van der Waals surface area (Å²) in [7, 11) is 0. The molecular formula is C20H18ClNO. The summed E-state index contributed by atoms with van der Waals surface area (Å²) in [6.45, 7) is 0.284. The maximum atomic E-state index is 12.7. The molecule has 3 rings (SSSR count). The first-order chi connectivity index (χ1) is 11.2. The maximum absolute atomic E-state index is 12.7. The quantitative estimate of drug-likeness (QED) is 0.758. The molecule has 0 aliphatic rings. The Balaban J connectivity index is 1.83. The van der Waals surface area contributed by atoms with Crippen molar-refractivity contribution < 1.29 is 4.79 Å². The van der Waals surface area contributed by atoms with E-state index in [0.29, 0.717) is 11.4 Å². The molecule has 2 N–H and O–H groups in total. The number of rotatable bonds is 5. The summed E-state index contributed by atoms with van der Waals surface area (Å²) in [4.78, 5) is 12.7. The molecule has 3 aromatic carbocycles. The lowest BCUT2D eigenvalue weighted by Gasteiger charge is -2.14. The third-order valence-corrected chi connectivity index (χ3v) is 4.30. The highest BCUT2D eigenvalue weighted by molar-refractivity contribution is 6.30. The smallest absolute Gasteiger partial charge is 0.145 e. The fraction of sp³-hybridized carbons (Fsp3) is 0.150. The molecule has 23 heavy (non-hydrogen) atoms. The molecule has 0 amide bonds. The van der Waals surface area contributed by atoms with Crippen molar-refractivity contribution >= 4 is 28.2 Å². The number of hydrogen-bond donors (Lipinski definition) is 1. The van der Waals surface area contributed by atoms with Gasteiger partial charge in [0.25, 0.3) is 0 Å². The van der Waals surface area contributed by atoms with E-state index >= 15 is 0 Å². The average molecular weight is 324 g/mol. The Morgan fingerprint density at radius 2 is 1.74 bits per heavy atom. The average Bonchev–Trinajstić information content (AvgIpc) is 2.55. The Labute approximate surface area is 140 Å². The van der Waals surface area contributed by atoms with Crippen molar-refractivity contribution in [1.29, 1.82) is 0 Å². The van der Waals surface area contributed by atoms with Gasteiger partial charge >= 0.3 is 0 Å². The van der Waals surface area contributed by atoms with Gasteiger partial charge in [-0.1, -0.05) is 66.2 Å². The first-order valence-electron chi connectivity index (χ1n) is 7.63. The number of benzene rings is 3. The number of Topliss-reactive ketones (excluding diaryl/α,β-unsaturated/α-hetero) is 1. The molecule has 2 nitrogen and oxygen atoms in total. The Kier molecular flexibility index (Phi) is 4.75. The van der Waals surface area contributed by atoms with Crippen LogP contribution in [0.4, 0.5) is 0 Å². The van der Waals surface area contributed by atoms with Crippen molar-refractivity contribution in [1.82, 2.24) is 0 Å². The zero-order valence-corrected chi connectivity index (χ0v) is 13.5. The summed E-state index contributed by atoms with van der Waals surface area (Å²) in [5.74, 6) is -0.204.